The number of thioether (sulfide) groups is 1. The summed E-state index contributed by atoms with van der Waals surface area (Å²) >= 11 is 1.67. The molecule has 3 N–H and O–H groups in total. The predicted molar refractivity (Wildman–Crippen MR) is 86.2 cm³/mol. The zero-order valence-electron chi connectivity index (χ0n) is 12.2. The fraction of sp³-hybridized carbons (Fsp3) is 0.333. The number of imidazole rings is 1. The zero-order valence-corrected chi connectivity index (χ0v) is 13.0. The van der Waals surface area contributed by atoms with Crippen molar-refractivity contribution in [2.24, 2.45) is 12.8 Å². The van der Waals surface area contributed by atoms with Gasteiger partial charge in [-0.2, -0.15) is 5.10 Å². The van der Waals surface area contributed by atoms with Crippen molar-refractivity contribution in [1.29, 1.82) is 0 Å². The largest absolute Gasteiger partial charge is 0.333 e. The van der Waals surface area contributed by atoms with Crippen molar-refractivity contribution in [3.8, 4) is 0 Å². The normalized spacial score (nSPS) is 14.4. The van der Waals surface area contributed by atoms with Gasteiger partial charge in [-0.25, -0.2) is 4.98 Å². The molecule has 0 fully saturated rings. The molecule has 3 aromatic rings. The molecular formula is C15H19N5S. The van der Waals surface area contributed by atoms with Crippen LogP contribution in [0.25, 0.3) is 11.0 Å². The van der Waals surface area contributed by atoms with Crippen molar-refractivity contribution in [2.75, 3.05) is 0 Å². The molecule has 0 radical (unpaired) electrons. The Kier molecular flexibility index (Phi) is 3.98. The molecule has 110 valence electrons. The molecule has 0 saturated carbocycles. The third kappa shape index (κ3) is 2.96. The number of aromatic amines is 1. The van der Waals surface area contributed by atoms with E-state index in [0.29, 0.717) is 0 Å². The smallest absolute Gasteiger partial charge is 0.167 e. The second kappa shape index (κ2) is 5.91. The van der Waals surface area contributed by atoms with Crippen LogP contribution in [0.5, 0.6) is 0 Å². The first-order valence-electron chi connectivity index (χ1n) is 7.03. The highest BCUT2D eigenvalue weighted by molar-refractivity contribution is 7.99. The number of aromatic nitrogens is 4. The van der Waals surface area contributed by atoms with E-state index in [1.807, 2.05) is 48.4 Å². The number of nitrogens with zero attached hydrogens (tertiary/aromatic N) is 3. The van der Waals surface area contributed by atoms with E-state index in [2.05, 4.69) is 22.0 Å². The van der Waals surface area contributed by atoms with Gasteiger partial charge >= 0.3 is 0 Å². The molecule has 0 amide bonds. The number of hydrogen-bond donors (Lipinski definition) is 2. The fourth-order valence-corrected chi connectivity index (χ4v) is 3.49. The van der Waals surface area contributed by atoms with E-state index in [4.69, 9.17) is 5.73 Å². The summed E-state index contributed by atoms with van der Waals surface area (Å²) in [6.07, 6.45) is 4.82. The van der Waals surface area contributed by atoms with Gasteiger partial charge in [0.25, 0.3) is 0 Å². The topological polar surface area (TPSA) is 72.5 Å². The Hall–Kier alpha value is -1.79. The number of para-hydroxylation sites is 2. The maximum Gasteiger partial charge on any atom is 0.167 e. The number of rotatable bonds is 5. The molecule has 0 spiro atoms. The molecule has 2 heterocycles. The third-order valence-electron chi connectivity index (χ3n) is 3.52. The maximum atomic E-state index is 6.30. The molecule has 1 aromatic carbocycles. The minimum atomic E-state index is 0.0624. The molecule has 3 rings (SSSR count). The quantitative estimate of drug-likeness (QED) is 0.711. The average molecular weight is 301 g/mol. The Morgan fingerprint density at radius 1 is 1.38 bits per heavy atom. The molecule has 21 heavy (non-hydrogen) atoms. The van der Waals surface area contributed by atoms with Crippen LogP contribution in [-0.4, -0.2) is 25.8 Å². The molecular weight excluding hydrogens is 282 g/mol. The fourth-order valence-electron chi connectivity index (χ4n) is 2.31. The number of fused-ring (bicyclic) bond motifs is 1. The number of aryl methyl sites for hydroxylation is 1. The van der Waals surface area contributed by atoms with Crippen LogP contribution in [0.1, 0.15) is 24.2 Å². The first-order chi connectivity index (χ1) is 10.2. The Morgan fingerprint density at radius 2 is 2.19 bits per heavy atom. The monoisotopic (exact) mass is 301 g/mol. The zero-order chi connectivity index (χ0) is 14.8. The van der Waals surface area contributed by atoms with Gasteiger partial charge < -0.3 is 10.7 Å². The summed E-state index contributed by atoms with van der Waals surface area (Å²) in [5.41, 5.74) is 9.47. The van der Waals surface area contributed by atoms with Crippen molar-refractivity contribution in [3.05, 3.63) is 42.2 Å². The van der Waals surface area contributed by atoms with E-state index in [9.17, 15) is 0 Å². The van der Waals surface area contributed by atoms with E-state index in [1.165, 1.54) is 0 Å². The van der Waals surface area contributed by atoms with Gasteiger partial charge in [-0.05, 0) is 18.6 Å². The number of nitrogens with two attached hydrogens (primary N) is 1. The lowest BCUT2D eigenvalue weighted by Gasteiger charge is -2.19. The lowest BCUT2D eigenvalue weighted by molar-refractivity contribution is 0.632. The summed E-state index contributed by atoms with van der Waals surface area (Å²) < 4.78 is 1.81. The number of benzene rings is 1. The van der Waals surface area contributed by atoms with Gasteiger partial charge in [-0.1, -0.05) is 30.8 Å². The molecule has 2 aromatic heterocycles. The molecule has 2 unspecified atom stereocenters. The van der Waals surface area contributed by atoms with Gasteiger partial charge in [-0.3, -0.25) is 4.68 Å². The van der Waals surface area contributed by atoms with Gasteiger partial charge in [0.2, 0.25) is 0 Å². The summed E-state index contributed by atoms with van der Waals surface area (Å²) in [6, 6.07) is 8.10. The Balaban J connectivity index is 1.90. The summed E-state index contributed by atoms with van der Waals surface area (Å²) in [6.45, 7) is 2.10. The Morgan fingerprint density at radius 3 is 2.86 bits per heavy atom. The average Bonchev–Trinajstić information content (AvgIpc) is 3.09. The number of hydrogen-bond acceptors (Lipinski definition) is 4. The van der Waals surface area contributed by atoms with Crippen LogP contribution >= 0.6 is 11.8 Å². The van der Waals surface area contributed by atoms with E-state index < -0.39 is 0 Å². The van der Waals surface area contributed by atoms with Crippen molar-refractivity contribution in [2.45, 2.75) is 29.8 Å². The van der Waals surface area contributed by atoms with Crippen LogP contribution in [0, 0.1) is 0 Å². The molecule has 0 aliphatic rings. The lowest BCUT2D eigenvalue weighted by atomic mass is 10.1. The van der Waals surface area contributed by atoms with Crippen LogP contribution in [-0.2, 0) is 7.05 Å². The van der Waals surface area contributed by atoms with Crippen LogP contribution in [0.15, 0.2) is 41.8 Å². The van der Waals surface area contributed by atoms with Crippen molar-refractivity contribution in [3.63, 3.8) is 0 Å². The van der Waals surface area contributed by atoms with Crippen LogP contribution in [0.2, 0.25) is 0 Å². The molecule has 0 aliphatic carbocycles. The molecule has 0 saturated heterocycles. The predicted octanol–water partition coefficient (Wildman–Crippen LogP) is 2.87. The first-order valence-corrected chi connectivity index (χ1v) is 7.91. The van der Waals surface area contributed by atoms with Crippen LogP contribution in [0.4, 0.5) is 0 Å². The van der Waals surface area contributed by atoms with E-state index >= 15 is 0 Å². The molecule has 0 aliphatic heterocycles. The minimum absolute atomic E-state index is 0.0624. The minimum Gasteiger partial charge on any atom is -0.333 e. The molecule has 5 nitrogen and oxygen atoms in total. The molecule has 2 atom stereocenters. The number of H-pyrrole nitrogens is 1. The van der Waals surface area contributed by atoms with Crippen LogP contribution in [0.3, 0.4) is 0 Å². The summed E-state index contributed by atoms with van der Waals surface area (Å²) in [5.74, 6) is 0. The summed E-state index contributed by atoms with van der Waals surface area (Å²) in [5, 5.41) is 5.30. The Labute approximate surface area is 127 Å². The lowest BCUT2D eigenvalue weighted by Crippen LogP contribution is -2.25. The third-order valence-corrected chi connectivity index (χ3v) is 4.81. The Bertz CT molecular complexity index is 699. The van der Waals surface area contributed by atoms with Crippen molar-refractivity contribution < 1.29 is 0 Å². The highest BCUT2D eigenvalue weighted by Crippen LogP contribution is 2.37. The summed E-state index contributed by atoms with van der Waals surface area (Å²) in [7, 11) is 1.92. The maximum absolute atomic E-state index is 6.30. The highest BCUT2D eigenvalue weighted by Gasteiger charge is 2.22. The van der Waals surface area contributed by atoms with Gasteiger partial charge in [0.1, 0.15) is 0 Å². The number of nitrogens with one attached hydrogen (secondary N) is 1. The van der Waals surface area contributed by atoms with Crippen molar-refractivity contribution in [1.82, 2.24) is 19.7 Å². The van der Waals surface area contributed by atoms with E-state index in [1.54, 1.807) is 11.8 Å². The van der Waals surface area contributed by atoms with Crippen LogP contribution < -0.4 is 5.73 Å². The van der Waals surface area contributed by atoms with Gasteiger partial charge in [-0.15, -0.1) is 0 Å². The second-order valence-corrected chi connectivity index (χ2v) is 6.25. The van der Waals surface area contributed by atoms with E-state index in [0.717, 1.165) is 28.2 Å². The van der Waals surface area contributed by atoms with Gasteiger partial charge in [0.15, 0.2) is 5.16 Å². The van der Waals surface area contributed by atoms with Gasteiger partial charge in [0.05, 0.1) is 22.5 Å². The second-order valence-electron chi connectivity index (χ2n) is 5.12. The SMILES string of the molecule is CCC(N)C(Sc1nc2ccccc2[nH]1)c1cnn(C)c1. The standard InChI is InChI=1S/C15H19N5S/c1-3-11(16)14(10-8-17-20(2)9-10)21-15-18-12-6-4-5-7-13(12)19-15/h4-9,11,14H,3,16H2,1-2H3,(H,18,19). The van der Waals surface area contributed by atoms with Crippen molar-refractivity contribution >= 4 is 22.8 Å². The molecule has 0 bridgehead atoms. The highest BCUT2D eigenvalue weighted by atomic mass is 32.2. The molecule has 6 heteroatoms. The first kappa shape index (κ1) is 14.2. The van der Waals surface area contributed by atoms with Gasteiger partial charge in [0, 0.05) is 24.8 Å². The van der Waals surface area contributed by atoms with E-state index in [-0.39, 0.29) is 11.3 Å². The summed E-state index contributed by atoms with van der Waals surface area (Å²) in [4.78, 5) is 7.98.